The number of allylic oxidation sites excluding steroid dienone is 3. The third-order valence-electron chi connectivity index (χ3n) is 4.46. The van der Waals surface area contributed by atoms with Crippen LogP contribution in [0.15, 0.2) is 48.6 Å². The van der Waals surface area contributed by atoms with Gasteiger partial charge in [0.25, 0.3) is 0 Å². The van der Waals surface area contributed by atoms with Gasteiger partial charge in [-0.25, -0.2) is 0 Å². The van der Waals surface area contributed by atoms with Gasteiger partial charge in [-0.15, -0.1) is 0 Å². The molecule has 0 radical (unpaired) electrons. The first-order valence-electron chi connectivity index (χ1n) is 7.96. The van der Waals surface area contributed by atoms with Gasteiger partial charge in [-0.05, 0) is 30.0 Å². The normalized spacial score (nSPS) is 23.0. The molecule has 1 heterocycles. The molecule has 3 N–H and O–H groups in total. The minimum Gasteiger partial charge on any atom is -0.378 e. The summed E-state index contributed by atoms with van der Waals surface area (Å²) in [6.07, 6.45) is 8.69. The molecule has 1 aromatic carbocycles. The van der Waals surface area contributed by atoms with Crippen molar-refractivity contribution in [2.24, 2.45) is 11.7 Å². The van der Waals surface area contributed by atoms with Gasteiger partial charge in [-0.1, -0.05) is 36.4 Å². The van der Waals surface area contributed by atoms with Crippen molar-refractivity contribution in [3.8, 4) is 12.0 Å². The van der Waals surface area contributed by atoms with Gasteiger partial charge in [0, 0.05) is 30.7 Å². The van der Waals surface area contributed by atoms with Crippen molar-refractivity contribution in [1.29, 1.82) is 0 Å². The van der Waals surface area contributed by atoms with E-state index in [0.29, 0.717) is 0 Å². The highest BCUT2D eigenvalue weighted by atomic mass is 16.5. The van der Waals surface area contributed by atoms with E-state index in [-0.39, 0.29) is 5.92 Å². The monoisotopic (exact) mass is 310 g/mol. The molecule has 2 aliphatic rings. The van der Waals surface area contributed by atoms with Crippen LogP contribution in [0.3, 0.4) is 0 Å². The molecule has 0 amide bonds. The molecular formula is C19H22N2O2. The summed E-state index contributed by atoms with van der Waals surface area (Å²) >= 11 is 0. The van der Waals surface area contributed by atoms with E-state index in [2.05, 4.69) is 16.9 Å². The summed E-state index contributed by atoms with van der Waals surface area (Å²) in [4.78, 5) is 2.28. The zero-order valence-electron chi connectivity index (χ0n) is 13.1. The molecule has 0 saturated carbocycles. The molecule has 0 spiro atoms. The lowest BCUT2D eigenvalue weighted by atomic mass is 9.78. The van der Waals surface area contributed by atoms with Crippen LogP contribution in [0.25, 0.3) is 0 Å². The maximum atomic E-state index is 11.1. The molecule has 120 valence electrons. The van der Waals surface area contributed by atoms with Gasteiger partial charge in [-0.2, -0.15) is 0 Å². The number of aliphatic hydroxyl groups is 1. The first-order valence-corrected chi connectivity index (χ1v) is 7.96. The molecule has 1 aliphatic carbocycles. The van der Waals surface area contributed by atoms with Crippen LogP contribution in [0.1, 0.15) is 12.0 Å². The van der Waals surface area contributed by atoms with E-state index < -0.39 is 5.60 Å². The van der Waals surface area contributed by atoms with Crippen LogP contribution in [0.2, 0.25) is 0 Å². The van der Waals surface area contributed by atoms with Crippen LogP contribution in [0, 0.1) is 17.9 Å². The predicted octanol–water partition coefficient (Wildman–Crippen LogP) is 1.76. The van der Waals surface area contributed by atoms with Crippen molar-refractivity contribution >= 4 is 5.69 Å². The SMILES string of the molecule is NC#CC(O)(c1ccc(N2CCOCC2)cc1)C1C=CC=CC1. The van der Waals surface area contributed by atoms with E-state index >= 15 is 0 Å². The van der Waals surface area contributed by atoms with Crippen LogP contribution in [0.4, 0.5) is 5.69 Å². The fourth-order valence-electron chi connectivity index (χ4n) is 3.13. The molecule has 1 saturated heterocycles. The Balaban J connectivity index is 1.86. The largest absolute Gasteiger partial charge is 0.378 e. The summed E-state index contributed by atoms with van der Waals surface area (Å²) in [5.74, 6) is 2.71. The highest BCUT2D eigenvalue weighted by Crippen LogP contribution is 2.35. The number of nitrogens with zero attached hydrogens (tertiary/aromatic N) is 1. The summed E-state index contributed by atoms with van der Waals surface area (Å²) in [6, 6.07) is 10.4. The number of anilines is 1. The van der Waals surface area contributed by atoms with E-state index in [1.54, 1.807) is 0 Å². The molecular weight excluding hydrogens is 288 g/mol. The van der Waals surface area contributed by atoms with Crippen molar-refractivity contribution in [2.45, 2.75) is 12.0 Å². The van der Waals surface area contributed by atoms with Gasteiger partial charge in [0.2, 0.25) is 0 Å². The summed E-state index contributed by atoms with van der Waals surface area (Å²) in [5, 5.41) is 11.1. The third kappa shape index (κ3) is 3.26. The lowest BCUT2D eigenvalue weighted by Gasteiger charge is -2.32. The van der Waals surface area contributed by atoms with Crippen molar-refractivity contribution < 1.29 is 9.84 Å². The van der Waals surface area contributed by atoms with E-state index in [0.717, 1.165) is 44.0 Å². The van der Waals surface area contributed by atoms with E-state index in [4.69, 9.17) is 10.5 Å². The van der Waals surface area contributed by atoms with E-state index in [1.807, 2.05) is 48.6 Å². The summed E-state index contributed by atoms with van der Waals surface area (Å²) in [6.45, 7) is 3.29. The molecule has 1 aromatic rings. The maximum Gasteiger partial charge on any atom is 0.159 e. The summed E-state index contributed by atoms with van der Waals surface area (Å²) < 4.78 is 5.38. The molecule has 3 rings (SSSR count). The molecule has 4 heteroatoms. The van der Waals surface area contributed by atoms with Crippen molar-refractivity contribution in [3.05, 3.63) is 54.1 Å². The van der Waals surface area contributed by atoms with E-state index in [1.165, 1.54) is 0 Å². The predicted molar refractivity (Wildman–Crippen MR) is 91.7 cm³/mol. The molecule has 0 bridgehead atoms. The second kappa shape index (κ2) is 6.91. The topological polar surface area (TPSA) is 58.7 Å². The van der Waals surface area contributed by atoms with Crippen molar-refractivity contribution in [2.75, 3.05) is 31.2 Å². The molecule has 4 nitrogen and oxygen atoms in total. The highest BCUT2D eigenvalue weighted by Gasteiger charge is 2.35. The summed E-state index contributed by atoms with van der Waals surface area (Å²) in [5.41, 5.74) is 6.07. The smallest absolute Gasteiger partial charge is 0.159 e. The van der Waals surface area contributed by atoms with Crippen LogP contribution >= 0.6 is 0 Å². The Labute approximate surface area is 137 Å². The maximum absolute atomic E-state index is 11.1. The minimum atomic E-state index is -1.26. The average Bonchev–Trinajstić information content (AvgIpc) is 2.63. The molecule has 0 aromatic heterocycles. The molecule has 23 heavy (non-hydrogen) atoms. The molecule has 1 fully saturated rings. The fraction of sp³-hybridized carbons (Fsp3) is 0.368. The van der Waals surface area contributed by atoms with E-state index in [9.17, 15) is 5.11 Å². The number of hydrogen-bond acceptors (Lipinski definition) is 4. The van der Waals surface area contributed by atoms with Crippen molar-refractivity contribution in [3.63, 3.8) is 0 Å². The van der Waals surface area contributed by atoms with Crippen LogP contribution < -0.4 is 10.6 Å². The Hall–Kier alpha value is -2.22. The van der Waals surface area contributed by atoms with Gasteiger partial charge in [0.1, 0.15) is 0 Å². The second-order valence-electron chi connectivity index (χ2n) is 5.84. The lowest BCUT2D eigenvalue weighted by Crippen LogP contribution is -2.36. The van der Waals surface area contributed by atoms with Gasteiger partial charge in [-0.3, -0.25) is 0 Å². The Bertz CT molecular complexity index is 648. The number of benzene rings is 1. The van der Waals surface area contributed by atoms with Crippen LogP contribution in [-0.4, -0.2) is 31.4 Å². The zero-order chi connectivity index (χ0) is 16.1. The average molecular weight is 310 g/mol. The van der Waals surface area contributed by atoms with Gasteiger partial charge < -0.3 is 20.5 Å². The quantitative estimate of drug-likeness (QED) is 0.660. The minimum absolute atomic E-state index is 0.0993. The van der Waals surface area contributed by atoms with Crippen LogP contribution in [0.5, 0.6) is 0 Å². The number of hydrogen-bond donors (Lipinski definition) is 2. The van der Waals surface area contributed by atoms with Crippen molar-refractivity contribution in [1.82, 2.24) is 0 Å². The number of nitrogens with two attached hydrogens (primary N) is 1. The number of ether oxygens (including phenoxy) is 1. The Morgan fingerprint density at radius 3 is 2.52 bits per heavy atom. The third-order valence-corrected chi connectivity index (χ3v) is 4.46. The van der Waals surface area contributed by atoms with Gasteiger partial charge in [0.05, 0.1) is 13.2 Å². The first kappa shape index (κ1) is 15.7. The molecule has 2 unspecified atom stereocenters. The first-order chi connectivity index (χ1) is 11.2. The number of rotatable bonds is 3. The molecule has 2 atom stereocenters. The standard InChI is InChI=1S/C19H22N2O2/c20-11-10-19(22,16-4-2-1-3-5-16)17-6-8-18(9-7-17)21-12-14-23-15-13-21/h1-4,6-9,16,22H,5,12-15,20H2. The lowest BCUT2D eigenvalue weighted by molar-refractivity contribution is 0.0554. The Morgan fingerprint density at radius 2 is 1.91 bits per heavy atom. The Morgan fingerprint density at radius 1 is 1.17 bits per heavy atom. The second-order valence-corrected chi connectivity index (χ2v) is 5.84. The Kier molecular flexibility index (Phi) is 4.71. The highest BCUT2D eigenvalue weighted by molar-refractivity contribution is 5.50. The zero-order valence-corrected chi connectivity index (χ0v) is 13.1. The summed E-state index contributed by atoms with van der Waals surface area (Å²) in [7, 11) is 0. The van der Waals surface area contributed by atoms with Gasteiger partial charge in [0.15, 0.2) is 5.60 Å². The van der Waals surface area contributed by atoms with Crippen LogP contribution in [-0.2, 0) is 10.3 Å². The fourth-order valence-corrected chi connectivity index (χ4v) is 3.13. The molecule has 1 aliphatic heterocycles. The van der Waals surface area contributed by atoms with Gasteiger partial charge >= 0.3 is 0 Å². The number of morpholine rings is 1.